The van der Waals surface area contributed by atoms with Crippen LogP contribution in [0.25, 0.3) is 0 Å². The van der Waals surface area contributed by atoms with E-state index in [2.05, 4.69) is 16.1 Å². The minimum atomic E-state index is -1.12. The van der Waals surface area contributed by atoms with E-state index in [-0.39, 0.29) is 0 Å². The highest BCUT2D eigenvalue weighted by Crippen LogP contribution is 2.29. The second kappa shape index (κ2) is 8.56. The van der Waals surface area contributed by atoms with Gasteiger partial charge in [0.1, 0.15) is 0 Å². The number of likely N-dealkylation sites (tertiary alicyclic amines) is 1. The number of hydrogen-bond acceptors (Lipinski definition) is 4. The van der Waals surface area contributed by atoms with E-state index in [0.29, 0.717) is 11.7 Å². The molecule has 0 amide bonds. The summed E-state index contributed by atoms with van der Waals surface area (Å²) in [6, 6.07) is 8.20. The molecule has 2 aliphatic rings. The molecule has 5 heteroatoms. The monoisotopic (exact) mass is 349 g/mol. The summed E-state index contributed by atoms with van der Waals surface area (Å²) in [6.45, 7) is 6.61. The first-order chi connectivity index (χ1) is 11.7. The van der Waals surface area contributed by atoms with E-state index in [9.17, 15) is 4.55 Å². The van der Waals surface area contributed by atoms with Crippen molar-refractivity contribution >= 4 is 17.0 Å². The third-order valence-electron chi connectivity index (χ3n) is 5.63. The number of hydrogen-bond donors (Lipinski definition) is 1. The summed E-state index contributed by atoms with van der Waals surface area (Å²) in [5.41, 5.74) is 6.62. The predicted octanol–water partition coefficient (Wildman–Crippen LogP) is 3.27. The summed E-state index contributed by atoms with van der Waals surface area (Å²) in [5, 5.41) is 0. The Morgan fingerprint density at radius 2 is 1.75 bits per heavy atom. The van der Waals surface area contributed by atoms with Gasteiger partial charge in [-0.05, 0) is 56.8 Å². The Labute approximate surface area is 149 Å². The van der Waals surface area contributed by atoms with Gasteiger partial charge in [-0.1, -0.05) is 31.9 Å². The van der Waals surface area contributed by atoms with Gasteiger partial charge in [-0.25, -0.2) is 0 Å². The number of rotatable bonds is 5. The van der Waals surface area contributed by atoms with Crippen LogP contribution in [0.15, 0.2) is 29.2 Å². The molecule has 1 aromatic rings. The lowest BCUT2D eigenvalue weighted by Gasteiger charge is -2.41. The van der Waals surface area contributed by atoms with E-state index in [1.165, 1.54) is 38.8 Å². The molecular weight excluding hydrogens is 318 g/mol. The van der Waals surface area contributed by atoms with Crippen LogP contribution in [0.3, 0.4) is 0 Å². The predicted molar refractivity (Wildman–Crippen MR) is 101 cm³/mol. The van der Waals surface area contributed by atoms with Crippen LogP contribution in [0.2, 0.25) is 0 Å². The fourth-order valence-electron chi connectivity index (χ4n) is 4.17. The lowest BCUT2D eigenvalue weighted by molar-refractivity contribution is 0.0948. The maximum atomic E-state index is 12.8. The van der Waals surface area contributed by atoms with Crippen LogP contribution >= 0.6 is 0 Å². The minimum absolute atomic E-state index is 0.635. The standard InChI is InChI=1S/C19H31N3OS/c1-2-5-16-8-12-21(13-9-16)17-10-14-22(15-11-17)24(23)19-7-4-3-6-18(19)20/h3-4,6-7,16-17H,2,5,8-15,20H2,1H3. The maximum absolute atomic E-state index is 12.8. The van der Waals surface area contributed by atoms with E-state index < -0.39 is 11.4 Å². The summed E-state index contributed by atoms with van der Waals surface area (Å²) < 4.78 is 14.9. The first-order valence-electron chi connectivity index (χ1n) is 9.44. The molecule has 2 fully saturated rings. The molecule has 0 bridgehead atoms. The topological polar surface area (TPSA) is 55.6 Å². The molecule has 2 saturated heterocycles. The SMILES string of the molecule is CCCC1CCN(C2CCN([S+]([O-])c3ccccc3N)CC2)CC1. The molecule has 1 atom stereocenters. The number of para-hydroxylation sites is 1. The largest absolute Gasteiger partial charge is 0.593 e. The van der Waals surface area contributed by atoms with Crippen molar-refractivity contribution in [1.29, 1.82) is 0 Å². The molecule has 2 heterocycles. The third kappa shape index (κ3) is 4.26. The van der Waals surface area contributed by atoms with Crippen LogP contribution in [0.5, 0.6) is 0 Å². The molecule has 1 unspecified atom stereocenters. The number of nitrogen functional groups attached to an aromatic ring is 1. The highest BCUT2D eigenvalue weighted by molar-refractivity contribution is 7.89. The molecule has 4 nitrogen and oxygen atoms in total. The average Bonchev–Trinajstić information content (AvgIpc) is 2.63. The van der Waals surface area contributed by atoms with E-state index in [1.807, 2.05) is 24.3 Å². The van der Waals surface area contributed by atoms with Gasteiger partial charge in [0.2, 0.25) is 0 Å². The van der Waals surface area contributed by atoms with E-state index in [0.717, 1.165) is 36.7 Å². The Kier molecular flexibility index (Phi) is 6.44. The Hall–Kier alpha value is -0.750. The van der Waals surface area contributed by atoms with Crippen LogP contribution in [0.1, 0.15) is 45.4 Å². The van der Waals surface area contributed by atoms with E-state index in [4.69, 9.17) is 5.73 Å². The van der Waals surface area contributed by atoms with E-state index in [1.54, 1.807) is 0 Å². The van der Waals surface area contributed by atoms with Crippen molar-refractivity contribution in [3.8, 4) is 0 Å². The van der Waals surface area contributed by atoms with Gasteiger partial charge in [0, 0.05) is 19.1 Å². The Balaban J connectivity index is 1.49. The quantitative estimate of drug-likeness (QED) is 0.655. The number of anilines is 1. The molecule has 0 aromatic heterocycles. The van der Waals surface area contributed by atoms with Crippen LogP contribution in [-0.4, -0.2) is 46.0 Å². The van der Waals surface area contributed by atoms with Gasteiger partial charge in [0.05, 0.1) is 17.0 Å². The highest BCUT2D eigenvalue weighted by Gasteiger charge is 2.33. The van der Waals surface area contributed by atoms with Crippen molar-refractivity contribution in [2.24, 2.45) is 5.92 Å². The van der Waals surface area contributed by atoms with Crippen molar-refractivity contribution in [3.05, 3.63) is 24.3 Å². The van der Waals surface area contributed by atoms with Crippen LogP contribution in [0, 0.1) is 5.92 Å². The number of benzene rings is 1. The molecule has 0 spiro atoms. The second-order valence-corrected chi connectivity index (χ2v) is 8.67. The Bertz CT molecular complexity index is 511. The molecule has 3 rings (SSSR count). The van der Waals surface area contributed by atoms with Crippen molar-refractivity contribution in [2.45, 2.75) is 56.4 Å². The summed E-state index contributed by atoms with van der Waals surface area (Å²) >= 11 is -1.12. The average molecular weight is 350 g/mol. The Morgan fingerprint density at radius 1 is 1.08 bits per heavy atom. The van der Waals surface area contributed by atoms with Gasteiger partial charge < -0.3 is 15.2 Å². The first-order valence-corrected chi connectivity index (χ1v) is 10.5. The number of nitrogens with two attached hydrogens (primary N) is 1. The summed E-state index contributed by atoms with van der Waals surface area (Å²) in [7, 11) is 0. The van der Waals surface area contributed by atoms with Gasteiger partial charge >= 0.3 is 0 Å². The number of nitrogens with zero attached hydrogens (tertiary/aromatic N) is 2. The van der Waals surface area contributed by atoms with Gasteiger partial charge in [-0.3, -0.25) is 0 Å². The minimum Gasteiger partial charge on any atom is -0.593 e. The zero-order chi connectivity index (χ0) is 16.9. The molecule has 0 radical (unpaired) electrons. The fraction of sp³-hybridized carbons (Fsp3) is 0.684. The lowest BCUT2D eigenvalue weighted by atomic mass is 9.90. The van der Waals surface area contributed by atoms with E-state index >= 15 is 0 Å². The van der Waals surface area contributed by atoms with Gasteiger partial charge in [0.25, 0.3) is 0 Å². The zero-order valence-corrected chi connectivity index (χ0v) is 15.6. The van der Waals surface area contributed by atoms with Crippen molar-refractivity contribution < 1.29 is 4.55 Å². The van der Waals surface area contributed by atoms with Crippen molar-refractivity contribution in [3.63, 3.8) is 0 Å². The van der Waals surface area contributed by atoms with Crippen LogP contribution in [-0.2, 0) is 11.4 Å². The first kappa shape index (κ1) is 18.1. The third-order valence-corrected chi connectivity index (χ3v) is 7.21. The summed E-state index contributed by atoms with van der Waals surface area (Å²) in [5.74, 6) is 0.944. The van der Waals surface area contributed by atoms with Crippen LogP contribution in [0.4, 0.5) is 5.69 Å². The molecule has 0 saturated carbocycles. The maximum Gasteiger partial charge on any atom is 0.196 e. The summed E-state index contributed by atoms with van der Waals surface area (Å²) in [6.07, 6.45) is 7.68. The van der Waals surface area contributed by atoms with Gasteiger partial charge in [0.15, 0.2) is 4.90 Å². The number of piperidine rings is 2. The highest BCUT2D eigenvalue weighted by atomic mass is 32.2. The second-order valence-electron chi connectivity index (χ2n) is 7.22. The molecule has 2 aliphatic heterocycles. The lowest BCUT2D eigenvalue weighted by Crippen LogP contribution is -2.49. The smallest absolute Gasteiger partial charge is 0.196 e. The van der Waals surface area contributed by atoms with Gasteiger partial charge in [-0.15, -0.1) is 4.31 Å². The molecular formula is C19H31N3OS. The van der Waals surface area contributed by atoms with Crippen LogP contribution < -0.4 is 5.73 Å². The molecule has 134 valence electrons. The van der Waals surface area contributed by atoms with Crippen molar-refractivity contribution in [2.75, 3.05) is 31.9 Å². The van der Waals surface area contributed by atoms with Crippen molar-refractivity contribution in [1.82, 2.24) is 9.21 Å². The fourth-order valence-corrected chi connectivity index (χ4v) is 5.45. The molecule has 2 N–H and O–H groups in total. The zero-order valence-electron chi connectivity index (χ0n) is 14.8. The molecule has 24 heavy (non-hydrogen) atoms. The molecule has 1 aromatic carbocycles. The normalized spacial score (nSPS) is 23.4. The Morgan fingerprint density at radius 3 is 2.38 bits per heavy atom. The summed E-state index contributed by atoms with van der Waals surface area (Å²) in [4.78, 5) is 3.44. The van der Waals surface area contributed by atoms with Gasteiger partial charge in [-0.2, -0.15) is 0 Å². The molecule has 0 aliphatic carbocycles.